The van der Waals surface area contributed by atoms with Crippen molar-refractivity contribution in [2.45, 2.75) is 0 Å². The second-order valence-corrected chi connectivity index (χ2v) is 16.1. The van der Waals surface area contributed by atoms with Crippen LogP contribution in [0.2, 0.25) is 0 Å². The molecule has 0 fully saturated rings. The summed E-state index contributed by atoms with van der Waals surface area (Å²) in [6.07, 6.45) is 0. The van der Waals surface area contributed by atoms with E-state index in [2.05, 4.69) is 241 Å². The van der Waals surface area contributed by atoms with Gasteiger partial charge in [-0.25, -0.2) is 0 Å². The van der Waals surface area contributed by atoms with Crippen LogP contribution >= 0.6 is 0 Å². The van der Waals surface area contributed by atoms with Crippen molar-refractivity contribution in [3.8, 4) is 44.5 Å². The molecule has 0 saturated heterocycles. The summed E-state index contributed by atoms with van der Waals surface area (Å²) >= 11 is 0. The number of hydrogen-bond acceptors (Lipinski definition) is 2. The monoisotopic (exact) mass is 789 g/mol. The van der Waals surface area contributed by atoms with Gasteiger partial charge < -0.3 is 9.32 Å². The molecule has 2 nitrogen and oxygen atoms in total. The molecular weight excluding hydrogens is 751 g/mol. The Morgan fingerprint density at radius 2 is 0.790 bits per heavy atom. The van der Waals surface area contributed by atoms with E-state index in [4.69, 9.17) is 4.42 Å². The first kappa shape index (κ1) is 35.7. The average Bonchev–Trinajstić information content (AvgIpc) is 3.74. The summed E-state index contributed by atoms with van der Waals surface area (Å²) in [5.74, 6) is 0. The summed E-state index contributed by atoms with van der Waals surface area (Å²) in [5.41, 5.74) is 14.5. The smallest absolute Gasteiger partial charge is 0.143 e. The molecule has 2 heteroatoms. The SMILES string of the molecule is c1ccc(N(c2ccc(-c3ccc(-c4ccc5ccccc5c4)cc3)cc2)c2ccc(-c3cccc4ccccc34)cc2)c(-c2cccc3oc4c5ccccc5ccc4c23)c1. The van der Waals surface area contributed by atoms with E-state index in [0.717, 1.165) is 55.5 Å². The molecule has 0 N–H and O–H groups in total. The molecule has 0 bridgehead atoms. The molecule has 62 heavy (non-hydrogen) atoms. The highest BCUT2D eigenvalue weighted by Gasteiger charge is 2.21. The molecule has 12 rings (SSSR count). The van der Waals surface area contributed by atoms with Crippen molar-refractivity contribution in [1.82, 2.24) is 0 Å². The van der Waals surface area contributed by atoms with Gasteiger partial charge in [0, 0.05) is 33.1 Å². The maximum absolute atomic E-state index is 6.67. The van der Waals surface area contributed by atoms with Gasteiger partial charge in [0.2, 0.25) is 0 Å². The van der Waals surface area contributed by atoms with Crippen molar-refractivity contribution in [1.29, 1.82) is 0 Å². The molecule has 0 aliphatic rings. The molecule has 0 saturated carbocycles. The minimum Gasteiger partial charge on any atom is -0.455 e. The Bertz CT molecular complexity index is 3610. The zero-order valence-corrected chi connectivity index (χ0v) is 33.9. The van der Waals surface area contributed by atoms with Gasteiger partial charge in [0.1, 0.15) is 11.2 Å². The summed E-state index contributed by atoms with van der Waals surface area (Å²) in [7, 11) is 0. The normalized spacial score (nSPS) is 11.5. The van der Waals surface area contributed by atoms with Crippen LogP contribution in [-0.4, -0.2) is 0 Å². The third-order valence-electron chi connectivity index (χ3n) is 12.5. The van der Waals surface area contributed by atoms with E-state index in [1.165, 1.54) is 60.3 Å². The van der Waals surface area contributed by atoms with Crippen LogP contribution in [0.25, 0.3) is 98.8 Å². The highest BCUT2D eigenvalue weighted by atomic mass is 16.3. The van der Waals surface area contributed by atoms with Gasteiger partial charge in [-0.05, 0) is 114 Å². The minimum atomic E-state index is 0.880. The molecular formula is C60H39NO. The van der Waals surface area contributed by atoms with Crippen LogP contribution < -0.4 is 4.90 Å². The maximum Gasteiger partial charge on any atom is 0.143 e. The first-order chi connectivity index (χ1) is 30.7. The van der Waals surface area contributed by atoms with Gasteiger partial charge >= 0.3 is 0 Å². The maximum atomic E-state index is 6.67. The van der Waals surface area contributed by atoms with Crippen molar-refractivity contribution in [2.24, 2.45) is 0 Å². The number of furan rings is 1. The Balaban J connectivity index is 0.973. The number of para-hydroxylation sites is 1. The molecule has 0 amide bonds. The molecule has 290 valence electrons. The van der Waals surface area contributed by atoms with Gasteiger partial charge in [0.15, 0.2) is 0 Å². The van der Waals surface area contributed by atoms with Crippen LogP contribution in [0.4, 0.5) is 17.1 Å². The van der Waals surface area contributed by atoms with Crippen LogP contribution in [-0.2, 0) is 0 Å². The number of anilines is 3. The molecule has 11 aromatic carbocycles. The van der Waals surface area contributed by atoms with Crippen LogP contribution in [0.5, 0.6) is 0 Å². The lowest BCUT2D eigenvalue weighted by Gasteiger charge is -2.28. The largest absolute Gasteiger partial charge is 0.455 e. The summed E-state index contributed by atoms with van der Waals surface area (Å²) in [5, 5.41) is 9.52. The molecule has 12 aromatic rings. The fourth-order valence-electron chi connectivity index (χ4n) is 9.40. The van der Waals surface area contributed by atoms with Gasteiger partial charge in [-0.2, -0.15) is 0 Å². The third kappa shape index (κ3) is 6.12. The zero-order chi connectivity index (χ0) is 41.0. The lowest BCUT2D eigenvalue weighted by molar-refractivity contribution is 0.673. The fraction of sp³-hybridized carbons (Fsp3) is 0. The summed E-state index contributed by atoms with van der Waals surface area (Å²) in [6, 6.07) is 85.4. The van der Waals surface area contributed by atoms with Gasteiger partial charge in [0.05, 0.1) is 5.69 Å². The Labute approximate surface area is 360 Å². The van der Waals surface area contributed by atoms with Gasteiger partial charge in [-0.3, -0.25) is 0 Å². The number of nitrogens with zero attached hydrogens (tertiary/aromatic N) is 1. The predicted octanol–water partition coefficient (Wildman–Crippen LogP) is 17.2. The third-order valence-corrected chi connectivity index (χ3v) is 12.5. The van der Waals surface area contributed by atoms with E-state index in [1.807, 2.05) is 0 Å². The minimum absolute atomic E-state index is 0.880. The van der Waals surface area contributed by atoms with E-state index in [0.29, 0.717) is 0 Å². The average molecular weight is 790 g/mol. The highest BCUT2D eigenvalue weighted by Crippen LogP contribution is 2.46. The van der Waals surface area contributed by atoms with Crippen molar-refractivity contribution >= 4 is 71.3 Å². The van der Waals surface area contributed by atoms with Crippen molar-refractivity contribution in [3.05, 3.63) is 237 Å². The quantitative estimate of drug-likeness (QED) is 0.160. The molecule has 0 spiro atoms. The van der Waals surface area contributed by atoms with Crippen LogP contribution in [0.15, 0.2) is 241 Å². The first-order valence-electron chi connectivity index (χ1n) is 21.2. The molecule has 0 radical (unpaired) electrons. The Kier molecular flexibility index (Phi) is 8.53. The first-order valence-corrected chi connectivity index (χ1v) is 21.2. The van der Waals surface area contributed by atoms with Gasteiger partial charge in [-0.1, -0.05) is 188 Å². The second-order valence-electron chi connectivity index (χ2n) is 16.1. The van der Waals surface area contributed by atoms with Crippen molar-refractivity contribution in [3.63, 3.8) is 0 Å². The standard InChI is InChI=1S/C60H39NO/c1-2-14-47-39-48(28-27-40(47)11-1)43-25-23-41(24-26-43)42-29-34-49(35-30-42)61(50-36-31-46(32-37-50)52-19-9-15-44-12-3-5-16-51(44)52)57-21-8-7-18-54(57)55-20-10-22-58-59(55)56-38-33-45-13-4-6-17-53(45)60(56)62-58/h1-39H. The highest BCUT2D eigenvalue weighted by molar-refractivity contribution is 6.19. The fourth-order valence-corrected chi connectivity index (χ4v) is 9.40. The number of hydrogen-bond donors (Lipinski definition) is 0. The Morgan fingerprint density at radius 1 is 0.290 bits per heavy atom. The molecule has 0 aliphatic carbocycles. The lowest BCUT2D eigenvalue weighted by atomic mass is 9.95. The molecule has 1 heterocycles. The Morgan fingerprint density at radius 3 is 1.55 bits per heavy atom. The lowest BCUT2D eigenvalue weighted by Crippen LogP contribution is -2.11. The van der Waals surface area contributed by atoms with E-state index >= 15 is 0 Å². The van der Waals surface area contributed by atoms with Crippen molar-refractivity contribution < 1.29 is 4.42 Å². The topological polar surface area (TPSA) is 16.4 Å². The van der Waals surface area contributed by atoms with Gasteiger partial charge in [-0.15, -0.1) is 0 Å². The summed E-state index contributed by atoms with van der Waals surface area (Å²) in [4.78, 5) is 2.39. The van der Waals surface area contributed by atoms with Gasteiger partial charge in [0.25, 0.3) is 0 Å². The summed E-state index contributed by atoms with van der Waals surface area (Å²) < 4.78 is 6.67. The van der Waals surface area contributed by atoms with Crippen LogP contribution in [0.3, 0.4) is 0 Å². The number of benzene rings is 11. The Hall–Kier alpha value is -8.20. The van der Waals surface area contributed by atoms with Crippen LogP contribution in [0, 0.1) is 0 Å². The van der Waals surface area contributed by atoms with Crippen molar-refractivity contribution in [2.75, 3.05) is 4.90 Å². The molecule has 0 atom stereocenters. The van der Waals surface area contributed by atoms with E-state index in [-0.39, 0.29) is 0 Å². The zero-order valence-electron chi connectivity index (χ0n) is 33.9. The predicted molar refractivity (Wildman–Crippen MR) is 263 cm³/mol. The van der Waals surface area contributed by atoms with E-state index in [1.54, 1.807) is 0 Å². The van der Waals surface area contributed by atoms with E-state index < -0.39 is 0 Å². The second kappa shape index (κ2) is 14.8. The number of rotatable bonds is 7. The number of fused-ring (bicyclic) bond motifs is 7. The molecule has 0 unspecified atom stereocenters. The van der Waals surface area contributed by atoms with E-state index in [9.17, 15) is 0 Å². The molecule has 1 aromatic heterocycles. The summed E-state index contributed by atoms with van der Waals surface area (Å²) in [6.45, 7) is 0. The molecule has 0 aliphatic heterocycles. The van der Waals surface area contributed by atoms with Crippen LogP contribution in [0.1, 0.15) is 0 Å².